The summed E-state index contributed by atoms with van der Waals surface area (Å²) in [5.41, 5.74) is 3.58. The first-order valence-electron chi connectivity index (χ1n) is 8.16. The molecule has 0 N–H and O–H groups in total. The second-order valence-corrected chi connectivity index (χ2v) is 6.94. The third kappa shape index (κ3) is 3.00. The molecule has 0 saturated heterocycles. The van der Waals surface area contributed by atoms with Gasteiger partial charge in [-0.15, -0.1) is 0 Å². The van der Waals surface area contributed by atoms with Crippen molar-refractivity contribution in [2.24, 2.45) is 0 Å². The van der Waals surface area contributed by atoms with Gasteiger partial charge in [-0.05, 0) is 51.7 Å². The predicted octanol–water partition coefficient (Wildman–Crippen LogP) is 6.84. The van der Waals surface area contributed by atoms with Crippen LogP contribution in [0.5, 0.6) is 0 Å². The fourth-order valence-corrected chi connectivity index (χ4v) is 3.46. The number of nitro benzene ring substituents is 1. The molecule has 0 bridgehead atoms. The fraction of sp³-hybridized carbons (Fsp3) is 0. The summed E-state index contributed by atoms with van der Waals surface area (Å²) >= 11 is 3.44. The molecule has 0 radical (unpaired) electrons. The van der Waals surface area contributed by atoms with Gasteiger partial charge in [-0.25, -0.2) is 0 Å². The van der Waals surface area contributed by atoms with E-state index < -0.39 is 0 Å². The van der Waals surface area contributed by atoms with Gasteiger partial charge in [-0.2, -0.15) is 0 Å². The Hall–Kier alpha value is -2.98. The van der Waals surface area contributed by atoms with Crippen LogP contribution in [0.1, 0.15) is 0 Å². The van der Waals surface area contributed by atoms with Gasteiger partial charge >= 0.3 is 0 Å². The molecule has 0 aliphatic heterocycles. The van der Waals surface area contributed by atoms with Crippen molar-refractivity contribution < 1.29 is 4.92 Å². The lowest BCUT2D eigenvalue weighted by molar-refractivity contribution is -0.384. The summed E-state index contributed by atoms with van der Waals surface area (Å²) < 4.78 is 0.998. The zero-order valence-corrected chi connectivity index (χ0v) is 15.3. The molecule has 0 amide bonds. The van der Waals surface area contributed by atoms with E-state index in [-0.39, 0.29) is 10.6 Å². The van der Waals surface area contributed by atoms with Gasteiger partial charge in [0.2, 0.25) is 0 Å². The van der Waals surface area contributed by atoms with Crippen LogP contribution in [-0.4, -0.2) is 4.92 Å². The zero-order chi connectivity index (χ0) is 18.1. The van der Waals surface area contributed by atoms with Crippen molar-refractivity contribution in [1.29, 1.82) is 0 Å². The number of rotatable bonds is 3. The summed E-state index contributed by atoms with van der Waals surface area (Å²) in [5, 5.41) is 13.7. The average molecular weight is 404 g/mol. The van der Waals surface area contributed by atoms with Crippen LogP contribution in [0.4, 0.5) is 5.69 Å². The highest BCUT2D eigenvalue weighted by molar-refractivity contribution is 9.10. The third-order valence-electron chi connectivity index (χ3n) is 4.45. The maximum atomic E-state index is 11.6. The van der Waals surface area contributed by atoms with Crippen LogP contribution in [0, 0.1) is 10.1 Å². The van der Waals surface area contributed by atoms with E-state index >= 15 is 0 Å². The van der Waals surface area contributed by atoms with Gasteiger partial charge in [0, 0.05) is 10.5 Å². The lowest BCUT2D eigenvalue weighted by atomic mass is 9.94. The molecule has 4 heteroatoms. The molecule has 0 unspecified atom stereocenters. The smallest absolute Gasteiger partial charge is 0.258 e. The van der Waals surface area contributed by atoms with E-state index in [1.165, 1.54) is 0 Å². The van der Waals surface area contributed by atoms with Gasteiger partial charge in [0.25, 0.3) is 5.69 Å². The number of halogens is 1. The molecule has 4 aromatic rings. The van der Waals surface area contributed by atoms with Gasteiger partial charge in [-0.3, -0.25) is 10.1 Å². The largest absolute Gasteiger partial charge is 0.277 e. The van der Waals surface area contributed by atoms with E-state index in [0.29, 0.717) is 5.56 Å². The highest BCUT2D eigenvalue weighted by Crippen LogP contribution is 2.37. The fourth-order valence-electron chi connectivity index (χ4n) is 3.19. The lowest BCUT2D eigenvalue weighted by Crippen LogP contribution is -1.93. The van der Waals surface area contributed by atoms with E-state index in [0.717, 1.165) is 31.9 Å². The molecule has 0 aliphatic rings. The van der Waals surface area contributed by atoms with E-state index in [4.69, 9.17) is 0 Å². The lowest BCUT2D eigenvalue weighted by Gasteiger charge is -2.10. The van der Waals surface area contributed by atoms with E-state index in [1.807, 2.05) is 72.8 Å². The van der Waals surface area contributed by atoms with Crippen molar-refractivity contribution in [3.8, 4) is 22.3 Å². The Morgan fingerprint density at radius 1 is 0.731 bits per heavy atom. The summed E-state index contributed by atoms with van der Waals surface area (Å²) in [5.74, 6) is 0. The van der Waals surface area contributed by atoms with Crippen molar-refractivity contribution in [2.45, 2.75) is 0 Å². The summed E-state index contributed by atoms with van der Waals surface area (Å²) in [6.07, 6.45) is 0. The minimum Gasteiger partial charge on any atom is -0.258 e. The van der Waals surface area contributed by atoms with Crippen LogP contribution in [0.3, 0.4) is 0 Å². The second-order valence-electron chi connectivity index (χ2n) is 6.02. The van der Waals surface area contributed by atoms with Gasteiger partial charge in [0.05, 0.1) is 10.5 Å². The number of hydrogen-bond acceptors (Lipinski definition) is 2. The normalized spacial score (nSPS) is 10.8. The zero-order valence-electron chi connectivity index (χ0n) is 13.7. The molecular weight excluding hydrogens is 390 g/mol. The van der Waals surface area contributed by atoms with Crippen LogP contribution in [0.15, 0.2) is 89.4 Å². The first kappa shape index (κ1) is 16.5. The molecule has 0 spiro atoms. The maximum Gasteiger partial charge on any atom is 0.277 e. The molecule has 4 rings (SSSR count). The molecule has 126 valence electrons. The van der Waals surface area contributed by atoms with Crippen LogP contribution in [0.25, 0.3) is 33.0 Å². The Labute approximate surface area is 159 Å². The topological polar surface area (TPSA) is 43.1 Å². The molecule has 4 aromatic carbocycles. The number of fused-ring (bicyclic) bond motifs is 1. The van der Waals surface area contributed by atoms with E-state index in [2.05, 4.69) is 15.9 Å². The van der Waals surface area contributed by atoms with Crippen molar-refractivity contribution in [2.75, 3.05) is 0 Å². The summed E-state index contributed by atoms with van der Waals surface area (Å²) in [4.78, 5) is 11.3. The SMILES string of the molecule is O=[N+]([O-])c1ccc(-c2ccc(Br)cc2)cc1-c1cccc2ccccc12. The molecule has 0 aliphatic carbocycles. The minimum atomic E-state index is -0.317. The Morgan fingerprint density at radius 3 is 2.19 bits per heavy atom. The standard InChI is InChI=1S/C22H14BrNO2/c23-18-11-8-15(9-12-18)17-10-13-22(24(25)26)21(14-17)20-7-3-5-16-4-1-2-6-19(16)20/h1-14H. The Kier molecular flexibility index (Phi) is 4.27. The molecule has 0 saturated carbocycles. The number of benzene rings is 4. The van der Waals surface area contributed by atoms with Gasteiger partial charge < -0.3 is 0 Å². The van der Waals surface area contributed by atoms with Crippen LogP contribution >= 0.6 is 15.9 Å². The van der Waals surface area contributed by atoms with Gasteiger partial charge in [0.1, 0.15) is 0 Å². The molecular formula is C22H14BrNO2. The van der Waals surface area contributed by atoms with Crippen molar-refractivity contribution in [1.82, 2.24) is 0 Å². The Bertz CT molecular complexity index is 1120. The number of hydrogen-bond donors (Lipinski definition) is 0. The summed E-state index contributed by atoms with van der Waals surface area (Å²) in [6, 6.07) is 27.1. The quantitative estimate of drug-likeness (QED) is 0.277. The summed E-state index contributed by atoms with van der Waals surface area (Å²) in [7, 11) is 0. The first-order valence-corrected chi connectivity index (χ1v) is 8.95. The van der Waals surface area contributed by atoms with Crippen LogP contribution in [0.2, 0.25) is 0 Å². The van der Waals surface area contributed by atoms with E-state index in [9.17, 15) is 10.1 Å². The van der Waals surface area contributed by atoms with E-state index in [1.54, 1.807) is 12.1 Å². The molecule has 0 atom stereocenters. The van der Waals surface area contributed by atoms with Gasteiger partial charge in [0.15, 0.2) is 0 Å². The molecule has 3 nitrogen and oxygen atoms in total. The molecule has 26 heavy (non-hydrogen) atoms. The minimum absolute atomic E-state index is 0.113. The van der Waals surface area contributed by atoms with Crippen LogP contribution in [-0.2, 0) is 0 Å². The molecule has 0 heterocycles. The highest BCUT2D eigenvalue weighted by atomic mass is 79.9. The molecule has 0 aromatic heterocycles. The van der Waals surface area contributed by atoms with Crippen molar-refractivity contribution in [3.63, 3.8) is 0 Å². The Morgan fingerprint density at radius 2 is 1.42 bits per heavy atom. The van der Waals surface area contributed by atoms with Crippen molar-refractivity contribution >= 4 is 32.4 Å². The number of nitrogens with zero attached hydrogens (tertiary/aromatic N) is 1. The van der Waals surface area contributed by atoms with Crippen LogP contribution < -0.4 is 0 Å². The average Bonchev–Trinajstić information content (AvgIpc) is 2.67. The van der Waals surface area contributed by atoms with Crippen molar-refractivity contribution in [3.05, 3.63) is 99.5 Å². The molecule has 0 fully saturated rings. The summed E-state index contributed by atoms with van der Waals surface area (Å²) in [6.45, 7) is 0. The third-order valence-corrected chi connectivity index (χ3v) is 4.98. The monoisotopic (exact) mass is 403 g/mol. The highest BCUT2D eigenvalue weighted by Gasteiger charge is 2.18. The van der Waals surface area contributed by atoms with Gasteiger partial charge in [-0.1, -0.05) is 70.5 Å². The predicted molar refractivity (Wildman–Crippen MR) is 109 cm³/mol. The maximum absolute atomic E-state index is 11.6. The first-order chi connectivity index (χ1) is 12.6. The Balaban J connectivity index is 1.97. The number of nitro groups is 1. The second kappa shape index (κ2) is 6.73.